The minimum absolute atomic E-state index is 0.0163. The van der Waals surface area contributed by atoms with Gasteiger partial charge in [-0.05, 0) is 50.0 Å². The summed E-state index contributed by atoms with van der Waals surface area (Å²) in [5, 5.41) is 0. The number of hydrogen-bond donors (Lipinski definition) is 0. The largest absolute Gasteiger partial charge is 0.489 e. The van der Waals surface area contributed by atoms with Gasteiger partial charge in [-0.2, -0.15) is 0 Å². The van der Waals surface area contributed by atoms with Gasteiger partial charge in [-0.1, -0.05) is 71.6 Å². The minimum Gasteiger partial charge on any atom is -0.489 e. The first-order chi connectivity index (χ1) is 15.7. The highest BCUT2D eigenvalue weighted by atomic mass is 16.8. The van der Waals surface area contributed by atoms with Crippen LogP contribution in [0.3, 0.4) is 0 Å². The number of benzene rings is 1. The fraction of sp³-hybridized carbons (Fsp3) is 0.586. The molecule has 0 saturated carbocycles. The average Bonchev–Trinajstić information content (AvgIpc) is 3.43. The van der Waals surface area contributed by atoms with Crippen molar-refractivity contribution in [2.75, 3.05) is 19.8 Å². The highest BCUT2D eigenvalue weighted by Gasteiger charge is 2.48. The molecule has 2 unspecified atom stereocenters. The van der Waals surface area contributed by atoms with Crippen molar-refractivity contribution in [2.45, 2.75) is 78.6 Å². The Balaban J connectivity index is 1.87. The molecule has 0 N–H and O–H groups in total. The topological polar surface area (TPSA) is 36.9 Å². The van der Waals surface area contributed by atoms with Crippen LogP contribution in [0.1, 0.15) is 65.5 Å². The fourth-order valence-electron chi connectivity index (χ4n) is 5.02. The normalized spacial score (nSPS) is 22.9. The van der Waals surface area contributed by atoms with Crippen molar-refractivity contribution in [3.63, 3.8) is 0 Å². The first kappa shape index (κ1) is 25.6. The maximum absolute atomic E-state index is 6.44. The van der Waals surface area contributed by atoms with Crippen molar-refractivity contribution < 1.29 is 18.9 Å². The van der Waals surface area contributed by atoms with E-state index in [2.05, 4.69) is 84.5 Å². The summed E-state index contributed by atoms with van der Waals surface area (Å²) in [5.41, 5.74) is 2.00. The van der Waals surface area contributed by atoms with Crippen LogP contribution in [0, 0.1) is 18.3 Å². The zero-order valence-electron chi connectivity index (χ0n) is 21.6. The molecule has 3 rings (SSSR count). The zero-order valence-corrected chi connectivity index (χ0v) is 21.6. The lowest BCUT2D eigenvalue weighted by atomic mass is 9.73. The molecule has 0 radical (unpaired) electrons. The molecule has 1 aromatic carbocycles. The van der Waals surface area contributed by atoms with E-state index in [4.69, 9.17) is 18.9 Å². The van der Waals surface area contributed by atoms with Crippen molar-refractivity contribution in [1.82, 2.24) is 0 Å². The summed E-state index contributed by atoms with van der Waals surface area (Å²) in [5.74, 6) is 1.41. The molecule has 0 aromatic heterocycles. The van der Waals surface area contributed by atoms with Crippen molar-refractivity contribution in [3.05, 3.63) is 66.0 Å². The van der Waals surface area contributed by atoms with Gasteiger partial charge in [0, 0.05) is 11.3 Å². The van der Waals surface area contributed by atoms with Crippen molar-refractivity contribution in [3.8, 4) is 5.75 Å². The van der Waals surface area contributed by atoms with Crippen LogP contribution in [-0.4, -0.2) is 31.7 Å². The molecule has 0 spiro atoms. The Kier molecular flexibility index (Phi) is 7.80. The highest BCUT2D eigenvalue weighted by molar-refractivity contribution is 5.44. The maximum Gasteiger partial charge on any atom is 0.208 e. The average molecular weight is 455 g/mol. The third kappa shape index (κ3) is 4.79. The van der Waals surface area contributed by atoms with Crippen LogP contribution in [0.4, 0.5) is 0 Å². The van der Waals surface area contributed by atoms with Gasteiger partial charge < -0.3 is 18.9 Å². The summed E-state index contributed by atoms with van der Waals surface area (Å²) in [6.07, 6.45) is 10.4. The van der Waals surface area contributed by atoms with E-state index in [1.54, 1.807) is 0 Å². The molecule has 4 nitrogen and oxygen atoms in total. The number of aryl methyl sites for hydroxylation is 1. The van der Waals surface area contributed by atoms with Crippen LogP contribution in [0.2, 0.25) is 0 Å². The molecule has 0 bridgehead atoms. The molecule has 2 aliphatic rings. The number of hydrogen-bond acceptors (Lipinski definition) is 4. The third-order valence-corrected chi connectivity index (χ3v) is 7.35. The Hall–Kier alpha value is -2.04. The summed E-state index contributed by atoms with van der Waals surface area (Å²) in [7, 11) is 0. The van der Waals surface area contributed by atoms with Crippen LogP contribution in [0.5, 0.6) is 5.75 Å². The molecule has 4 heteroatoms. The van der Waals surface area contributed by atoms with Gasteiger partial charge in [0.25, 0.3) is 0 Å². The van der Waals surface area contributed by atoms with Crippen molar-refractivity contribution in [2.24, 2.45) is 11.3 Å². The summed E-state index contributed by atoms with van der Waals surface area (Å²) >= 11 is 0. The Morgan fingerprint density at radius 2 is 1.82 bits per heavy atom. The van der Waals surface area contributed by atoms with E-state index < -0.39 is 5.79 Å². The van der Waals surface area contributed by atoms with Crippen molar-refractivity contribution >= 4 is 0 Å². The monoisotopic (exact) mass is 454 g/mol. The van der Waals surface area contributed by atoms with E-state index in [1.165, 1.54) is 5.56 Å². The van der Waals surface area contributed by atoms with Gasteiger partial charge in [-0.25, -0.2) is 0 Å². The smallest absolute Gasteiger partial charge is 0.208 e. The Bertz CT molecular complexity index is 879. The molecule has 2 aliphatic heterocycles. The lowest BCUT2D eigenvalue weighted by molar-refractivity contribution is -0.237. The third-order valence-electron chi connectivity index (χ3n) is 7.35. The number of rotatable bonds is 9. The Morgan fingerprint density at radius 3 is 2.33 bits per heavy atom. The van der Waals surface area contributed by atoms with Gasteiger partial charge >= 0.3 is 0 Å². The summed E-state index contributed by atoms with van der Waals surface area (Å²) < 4.78 is 24.7. The van der Waals surface area contributed by atoms with E-state index in [0.29, 0.717) is 19.8 Å². The molecule has 0 amide bonds. The minimum atomic E-state index is -0.723. The van der Waals surface area contributed by atoms with Crippen LogP contribution in [0.15, 0.2) is 54.8 Å². The molecule has 33 heavy (non-hydrogen) atoms. The van der Waals surface area contributed by atoms with Gasteiger partial charge in [-0.3, -0.25) is 0 Å². The Morgan fingerprint density at radius 1 is 1.15 bits per heavy atom. The summed E-state index contributed by atoms with van der Waals surface area (Å²) in [6.45, 7) is 20.6. The fourth-order valence-corrected chi connectivity index (χ4v) is 5.02. The highest BCUT2D eigenvalue weighted by Crippen LogP contribution is 2.45. The van der Waals surface area contributed by atoms with Gasteiger partial charge in [0.2, 0.25) is 5.79 Å². The van der Waals surface area contributed by atoms with Crippen molar-refractivity contribution in [1.29, 1.82) is 0 Å². The Labute approximate surface area is 200 Å². The molecule has 2 atom stereocenters. The lowest BCUT2D eigenvalue weighted by Gasteiger charge is -2.39. The zero-order chi connectivity index (χ0) is 24.3. The standard InChI is InChI=1S/C29H42O4/c1-9-13-22-19-26(33-24(22)10-2)28(11-3,12-4)23-14-15-25(21(5)18-23)30-20-29(27(6,7)8)31-16-17-32-29/h9-10,13-15,18-19,22,24H,2,11-12,16-17,20H2,1,3-8H3/b13-9+. The van der Waals surface area contributed by atoms with E-state index in [9.17, 15) is 0 Å². The predicted molar refractivity (Wildman–Crippen MR) is 134 cm³/mol. The second-order valence-corrected chi connectivity index (χ2v) is 10.2. The SMILES string of the molecule is C=CC1OC(C(CC)(CC)c2ccc(OCC3(C(C)(C)C)OCCO3)c(C)c2)=CC1/C=C/C. The number of allylic oxidation sites excluding steroid dienone is 2. The van der Waals surface area contributed by atoms with E-state index in [1.807, 2.05) is 13.0 Å². The van der Waals surface area contributed by atoms with Crippen LogP contribution < -0.4 is 4.74 Å². The molecule has 1 saturated heterocycles. The first-order valence-electron chi connectivity index (χ1n) is 12.3. The van der Waals surface area contributed by atoms with E-state index in [0.717, 1.165) is 29.9 Å². The van der Waals surface area contributed by atoms with Crippen LogP contribution >= 0.6 is 0 Å². The summed E-state index contributed by atoms with van der Waals surface area (Å²) in [4.78, 5) is 0. The molecular formula is C29H42O4. The van der Waals surface area contributed by atoms with E-state index >= 15 is 0 Å². The molecular weight excluding hydrogens is 412 g/mol. The molecule has 182 valence electrons. The van der Waals surface area contributed by atoms with E-state index in [-0.39, 0.29) is 22.9 Å². The lowest BCUT2D eigenvalue weighted by Crippen LogP contribution is -2.49. The van der Waals surface area contributed by atoms with Gasteiger partial charge in [0.05, 0.1) is 18.6 Å². The second-order valence-electron chi connectivity index (χ2n) is 10.2. The van der Waals surface area contributed by atoms with Crippen LogP contribution in [-0.2, 0) is 19.6 Å². The van der Waals surface area contributed by atoms with Crippen LogP contribution in [0.25, 0.3) is 0 Å². The second kappa shape index (κ2) is 10.1. The summed E-state index contributed by atoms with van der Waals surface area (Å²) in [6, 6.07) is 6.52. The molecule has 1 aromatic rings. The first-order valence-corrected chi connectivity index (χ1v) is 12.3. The number of ether oxygens (including phenoxy) is 4. The molecule has 2 heterocycles. The predicted octanol–water partition coefficient (Wildman–Crippen LogP) is 6.88. The molecule has 1 fully saturated rings. The van der Waals surface area contributed by atoms with Gasteiger partial charge in [0.1, 0.15) is 24.2 Å². The van der Waals surface area contributed by atoms with Gasteiger partial charge in [-0.15, -0.1) is 0 Å². The van der Waals surface area contributed by atoms with Gasteiger partial charge in [0.15, 0.2) is 0 Å². The maximum atomic E-state index is 6.44. The quantitative estimate of drug-likeness (QED) is 0.381. The molecule has 0 aliphatic carbocycles.